The number of carboxylic acids is 1. The summed E-state index contributed by atoms with van der Waals surface area (Å²) in [5, 5.41) is 14.0. The van der Waals surface area contributed by atoms with E-state index in [4.69, 9.17) is 4.74 Å². The van der Waals surface area contributed by atoms with E-state index in [1.54, 1.807) is 4.57 Å². The van der Waals surface area contributed by atoms with E-state index in [0.29, 0.717) is 49.9 Å². The maximum Gasteiger partial charge on any atom is 0.341 e. The van der Waals surface area contributed by atoms with Gasteiger partial charge in [-0.2, -0.15) is 5.10 Å². The number of pyridine rings is 1. The van der Waals surface area contributed by atoms with Crippen LogP contribution in [-0.2, 0) is 0 Å². The highest BCUT2D eigenvalue weighted by Crippen LogP contribution is 2.43. The van der Waals surface area contributed by atoms with Crippen LogP contribution >= 0.6 is 0 Å². The number of carboxylic acid groups (broad SMARTS) is 1. The number of hydrogen-bond acceptors (Lipinski definition) is 8. The van der Waals surface area contributed by atoms with Crippen molar-refractivity contribution in [1.82, 2.24) is 19.4 Å². The molecule has 6 rings (SSSR count). The number of nitrogens with zero attached hydrogens (tertiary/aromatic N) is 5. The van der Waals surface area contributed by atoms with Crippen LogP contribution in [0.1, 0.15) is 36.2 Å². The number of methoxy groups -OCH3 is 1. The van der Waals surface area contributed by atoms with Gasteiger partial charge in [-0.1, -0.05) is 12.1 Å². The van der Waals surface area contributed by atoms with Gasteiger partial charge in [-0.05, 0) is 38.0 Å². The largest absolute Gasteiger partial charge is 0.492 e. The fraction of sp³-hybridized carbons (Fsp3) is 0.357. The molecule has 0 unspecified atom stereocenters. The van der Waals surface area contributed by atoms with Crippen LogP contribution in [0.5, 0.6) is 5.75 Å². The van der Waals surface area contributed by atoms with Crippen molar-refractivity contribution in [1.29, 1.82) is 0 Å². The van der Waals surface area contributed by atoms with Gasteiger partial charge in [-0.15, -0.1) is 0 Å². The Kier molecular flexibility index (Phi) is 6.62. The second kappa shape index (κ2) is 10.3. The SMILES string of the molecule is COc1c(N2CCN(C/C(C)=N/Nc3nc4ccccc4[nH]3)CC2)c(F)cc2c(=O)c(C(=O)O)cn(C3CC3)c12. The van der Waals surface area contributed by atoms with Crippen molar-refractivity contribution in [2.75, 3.05) is 50.2 Å². The summed E-state index contributed by atoms with van der Waals surface area (Å²) in [7, 11) is 1.45. The third kappa shape index (κ3) is 4.75. The summed E-state index contributed by atoms with van der Waals surface area (Å²) in [6.07, 6.45) is 3.09. The number of para-hydroxylation sites is 2. The minimum Gasteiger partial charge on any atom is -0.492 e. The molecule has 208 valence electrons. The van der Waals surface area contributed by atoms with Crippen molar-refractivity contribution in [3.63, 3.8) is 0 Å². The van der Waals surface area contributed by atoms with Crippen LogP contribution < -0.4 is 20.5 Å². The van der Waals surface area contributed by atoms with Crippen LogP contribution in [0.2, 0.25) is 0 Å². The van der Waals surface area contributed by atoms with Crippen molar-refractivity contribution in [2.24, 2.45) is 5.10 Å². The first kappa shape index (κ1) is 25.8. The Hall–Kier alpha value is -4.45. The van der Waals surface area contributed by atoms with Crippen LogP contribution in [0.25, 0.3) is 21.9 Å². The number of carbonyl (C=O) groups is 1. The molecule has 0 atom stereocenters. The Morgan fingerprint density at radius 3 is 2.67 bits per heavy atom. The number of aromatic nitrogens is 3. The zero-order valence-corrected chi connectivity index (χ0v) is 22.3. The molecule has 1 aliphatic heterocycles. The van der Waals surface area contributed by atoms with Crippen LogP contribution in [0, 0.1) is 5.82 Å². The minimum atomic E-state index is -1.33. The molecule has 11 nitrogen and oxygen atoms in total. The van der Waals surface area contributed by atoms with Crippen molar-refractivity contribution in [3.8, 4) is 5.75 Å². The van der Waals surface area contributed by atoms with E-state index in [9.17, 15) is 14.7 Å². The fourth-order valence-corrected chi connectivity index (χ4v) is 5.37. The summed E-state index contributed by atoms with van der Waals surface area (Å²) in [5.41, 5.74) is 5.32. The van der Waals surface area contributed by atoms with Gasteiger partial charge < -0.3 is 24.3 Å². The second-order valence-corrected chi connectivity index (χ2v) is 10.3. The van der Waals surface area contributed by atoms with Crippen LogP contribution in [0.4, 0.5) is 16.0 Å². The van der Waals surface area contributed by atoms with E-state index >= 15 is 4.39 Å². The molecule has 2 aromatic heterocycles. The molecular formula is C28H30FN7O4. The van der Waals surface area contributed by atoms with E-state index in [0.717, 1.165) is 35.7 Å². The lowest BCUT2D eigenvalue weighted by atomic mass is 10.1. The number of rotatable bonds is 8. The number of aromatic carboxylic acids is 1. The smallest absolute Gasteiger partial charge is 0.341 e. The highest BCUT2D eigenvalue weighted by Gasteiger charge is 2.32. The molecule has 1 aliphatic carbocycles. The molecule has 2 aliphatic rings. The standard InChI is InChI=1S/C28H30FN7O4/c1-16(32-33-28-30-21-5-3-4-6-22(21)31-28)14-34-9-11-35(12-10-34)24-20(29)13-18-23(26(24)40-2)36(17-7-8-17)15-19(25(18)37)27(38)39/h3-6,13,15,17H,7-12,14H2,1-2H3,(H,38,39)(H2,30,31,33)/b32-16+. The number of nitrogens with one attached hydrogen (secondary N) is 2. The number of aromatic amines is 1. The monoisotopic (exact) mass is 547 g/mol. The lowest BCUT2D eigenvalue weighted by Gasteiger charge is -2.37. The Morgan fingerprint density at radius 1 is 1.25 bits per heavy atom. The molecule has 12 heteroatoms. The van der Waals surface area contributed by atoms with Gasteiger partial charge in [0.2, 0.25) is 11.4 Å². The van der Waals surface area contributed by atoms with Gasteiger partial charge in [0, 0.05) is 50.7 Å². The summed E-state index contributed by atoms with van der Waals surface area (Å²) in [6, 6.07) is 8.98. The Bertz CT molecular complexity index is 1670. The molecule has 0 radical (unpaired) electrons. The number of halogens is 1. The van der Waals surface area contributed by atoms with E-state index in [1.165, 1.54) is 13.3 Å². The van der Waals surface area contributed by atoms with Gasteiger partial charge >= 0.3 is 5.97 Å². The van der Waals surface area contributed by atoms with E-state index < -0.39 is 17.2 Å². The topological polar surface area (TPSA) is 128 Å². The normalized spacial score (nSPS) is 16.6. The highest BCUT2D eigenvalue weighted by atomic mass is 19.1. The first-order valence-corrected chi connectivity index (χ1v) is 13.2. The van der Waals surface area contributed by atoms with Crippen molar-refractivity contribution < 1.29 is 19.0 Å². The van der Waals surface area contributed by atoms with Gasteiger partial charge in [0.25, 0.3) is 0 Å². The van der Waals surface area contributed by atoms with Gasteiger partial charge in [0.05, 0.1) is 29.0 Å². The predicted octanol–water partition coefficient (Wildman–Crippen LogP) is 3.67. The summed E-state index contributed by atoms with van der Waals surface area (Å²) >= 11 is 0. The number of hydrogen-bond donors (Lipinski definition) is 3. The molecule has 0 bridgehead atoms. The second-order valence-electron chi connectivity index (χ2n) is 10.3. The Morgan fingerprint density at radius 2 is 2.00 bits per heavy atom. The van der Waals surface area contributed by atoms with Gasteiger partial charge in [0.1, 0.15) is 11.3 Å². The Balaban J connectivity index is 1.20. The number of H-pyrrole nitrogens is 1. The Labute approximate surface area is 228 Å². The third-order valence-electron chi connectivity index (χ3n) is 7.46. The number of piperazine rings is 1. The molecule has 2 fully saturated rings. The maximum atomic E-state index is 15.6. The minimum absolute atomic E-state index is 0.0207. The first-order chi connectivity index (χ1) is 19.3. The molecule has 0 spiro atoms. The summed E-state index contributed by atoms with van der Waals surface area (Å²) in [6.45, 7) is 5.01. The van der Waals surface area contributed by atoms with Gasteiger partial charge in [-0.3, -0.25) is 9.69 Å². The third-order valence-corrected chi connectivity index (χ3v) is 7.46. The maximum absolute atomic E-state index is 15.6. The number of imidazole rings is 1. The summed E-state index contributed by atoms with van der Waals surface area (Å²) in [4.78, 5) is 36.5. The fourth-order valence-electron chi connectivity index (χ4n) is 5.37. The van der Waals surface area contributed by atoms with E-state index in [2.05, 4.69) is 25.4 Å². The quantitative estimate of drug-likeness (QED) is 0.225. The van der Waals surface area contributed by atoms with E-state index in [-0.39, 0.29) is 22.7 Å². The van der Waals surface area contributed by atoms with Crippen molar-refractivity contribution in [2.45, 2.75) is 25.8 Å². The van der Waals surface area contributed by atoms with Crippen LogP contribution in [0.15, 0.2) is 46.4 Å². The average Bonchev–Trinajstić information content (AvgIpc) is 3.70. The molecule has 1 saturated carbocycles. The van der Waals surface area contributed by atoms with Crippen molar-refractivity contribution in [3.05, 3.63) is 58.1 Å². The molecule has 40 heavy (non-hydrogen) atoms. The average molecular weight is 548 g/mol. The van der Waals surface area contributed by atoms with Gasteiger partial charge in [-0.25, -0.2) is 19.6 Å². The number of benzene rings is 2. The zero-order chi connectivity index (χ0) is 28.0. The first-order valence-electron chi connectivity index (χ1n) is 13.2. The highest BCUT2D eigenvalue weighted by molar-refractivity contribution is 5.97. The molecular weight excluding hydrogens is 517 g/mol. The number of ether oxygens (including phenoxy) is 1. The van der Waals surface area contributed by atoms with Crippen LogP contribution in [-0.4, -0.2) is 76.1 Å². The molecule has 1 saturated heterocycles. The molecule has 4 aromatic rings. The summed E-state index contributed by atoms with van der Waals surface area (Å²) < 4.78 is 23.1. The molecule has 0 amide bonds. The van der Waals surface area contributed by atoms with Crippen molar-refractivity contribution >= 4 is 45.3 Å². The summed E-state index contributed by atoms with van der Waals surface area (Å²) in [5.74, 6) is -1.10. The van der Waals surface area contributed by atoms with E-state index in [1.807, 2.05) is 36.1 Å². The lowest BCUT2D eigenvalue weighted by molar-refractivity contribution is 0.0694. The zero-order valence-electron chi connectivity index (χ0n) is 22.3. The number of hydrazone groups is 1. The lowest BCUT2D eigenvalue weighted by Crippen LogP contribution is -2.48. The molecule has 2 aromatic carbocycles. The molecule has 3 heterocycles. The molecule has 3 N–H and O–H groups in total. The predicted molar refractivity (Wildman–Crippen MR) is 151 cm³/mol. The van der Waals surface area contributed by atoms with Crippen LogP contribution in [0.3, 0.4) is 0 Å². The number of fused-ring (bicyclic) bond motifs is 2. The van der Waals surface area contributed by atoms with Gasteiger partial charge in [0.15, 0.2) is 11.6 Å². The number of anilines is 2.